The molecule has 0 spiro atoms. The van der Waals surface area contributed by atoms with Crippen molar-refractivity contribution in [2.24, 2.45) is 33.9 Å². The topological polar surface area (TPSA) is 434 Å². The van der Waals surface area contributed by atoms with Gasteiger partial charge in [-0.05, 0) is 61.8 Å². The molecule has 5 aromatic rings. The van der Waals surface area contributed by atoms with Gasteiger partial charge in [0.1, 0.15) is 0 Å². The van der Waals surface area contributed by atoms with E-state index >= 15 is 0 Å². The third-order valence-electron chi connectivity index (χ3n) is 6.74. The second-order valence-corrected chi connectivity index (χ2v) is 10.8. The average molecular weight is 909 g/mol. The molecular formula is C36H51Cl2N15O9. The van der Waals surface area contributed by atoms with Crippen LogP contribution in [0.2, 0.25) is 0 Å². The maximum atomic E-state index is 11.7. The van der Waals surface area contributed by atoms with Gasteiger partial charge in [-0.3, -0.25) is 31.7 Å². The largest absolute Gasteiger partial charge is 0.465 e. The second kappa shape index (κ2) is 31.4. The molecule has 18 N–H and O–H groups in total. The Bertz CT molecular complexity index is 2420. The Morgan fingerprint density at radius 3 is 1.85 bits per heavy atom. The van der Waals surface area contributed by atoms with Crippen molar-refractivity contribution < 1.29 is 33.3 Å². The molecule has 338 valence electrons. The number of amidine groups is 1. The Morgan fingerprint density at radius 1 is 0.839 bits per heavy atom. The number of carbonyl (C=O) groups is 3. The number of aromatic nitrogens is 4. The number of nitriles is 1. The number of guanidine groups is 1. The first kappa shape index (κ1) is 58.8. The van der Waals surface area contributed by atoms with Gasteiger partial charge >= 0.3 is 17.9 Å². The molecule has 0 radical (unpaired) electrons. The van der Waals surface area contributed by atoms with E-state index in [1.807, 2.05) is 19.9 Å². The molecule has 3 aromatic carbocycles. The number of H-pyrrole nitrogens is 2. The first-order chi connectivity index (χ1) is 28.6. The number of fused-ring (bicyclic) bond motifs is 1. The molecule has 0 unspecified atom stereocenters. The first-order valence-corrected chi connectivity index (χ1v) is 17.0. The summed E-state index contributed by atoms with van der Waals surface area (Å²) in [7, 11) is 3.70. The number of hydrazine groups is 1. The predicted molar refractivity (Wildman–Crippen MR) is 241 cm³/mol. The van der Waals surface area contributed by atoms with Crippen molar-refractivity contribution in [2.75, 3.05) is 51.3 Å². The second-order valence-electron chi connectivity index (χ2n) is 10.4. The van der Waals surface area contributed by atoms with Crippen molar-refractivity contribution in [3.8, 4) is 6.19 Å². The van der Waals surface area contributed by atoms with Crippen LogP contribution in [0.25, 0.3) is 21.7 Å². The van der Waals surface area contributed by atoms with E-state index in [0.29, 0.717) is 22.1 Å². The van der Waals surface area contributed by atoms with Crippen LogP contribution in [0.1, 0.15) is 52.3 Å². The first-order valence-electron chi connectivity index (χ1n) is 16.6. The van der Waals surface area contributed by atoms with Crippen LogP contribution in [0, 0.1) is 16.9 Å². The van der Waals surface area contributed by atoms with Gasteiger partial charge in [-0.1, -0.05) is 25.6 Å². The monoisotopic (exact) mass is 907 g/mol. The molecule has 0 saturated heterocycles. The minimum Gasteiger partial charge on any atom is -0.465 e. The molecule has 6 rings (SSSR count). The van der Waals surface area contributed by atoms with Crippen molar-refractivity contribution in [2.45, 2.75) is 21.3 Å². The molecule has 0 atom stereocenters. The number of aliphatic imine (C=N–C) groups is 1. The van der Waals surface area contributed by atoms with Crippen molar-refractivity contribution in [1.29, 1.82) is 10.7 Å². The molecule has 62 heavy (non-hydrogen) atoms. The van der Waals surface area contributed by atoms with Gasteiger partial charge in [-0.25, -0.2) is 24.5 Å². The molecule has 1 aliphatic rings. The van der Waals surface area contributed by atoms with E-state index in [1.165, 1.54) is 45.7 Å². The SMILES string of the molecule is C.CCOCC.COC(=O)c1cccc(N)c1C(=O)OC.COC(=O)c1cccc2nc(N)[nH]c(=O)c12.Cl.N#CN.N=C(N)Cl.NC1=Nc2n[nH]c(=O)c3cccc(c23)N1.NN. The molecular weight excluding hydrogens is 857 g/mol. The fraction of sp³-hybridized carbons (Fsp3) is 0.222. The Morgan fingerprint density at radius 2 is 1.34 bits per heavy atom. The zero-order chi connectivity index (χ0) is 45.9. The summed E-state index contributed by atoms with van der Waals surface area (Å²) in [5.41, 5.74) is 26.1. The van der Waals surface area contributed by atoms with Gasteiger partial charge in [0.25, 0.3) is 11.1 Å². The summed E-state index contributed by atoms with van der Waals surface area (Å²) in [6.45, 7) is 5.67. The Kier molecular flexibility index (Phi) is 29.7. The van der Waals surface area contributed by atoms with E-state index in [0.717, 1.165) is 18.9 Å². The van der Waals surface area contributed by atoms with Crippen LogP contribution >= 0.6 is 24.0 Å². The van der Waals surface area contributed by atoms with Crippen molar-refractivity contribution >= 4 is 98.0 Å². The number of nitrogen functional groups attached to an aromatic ring is 2. The van der Waals surface area contributed by atoms with Gasteiger partial charge in [0.15, 0.2) is 23.3 Å². The van der Waals surface area contributed by atoms with Crippen molar-refractivity contribution in [1.82, 2.24) is 20.2 Å². The molecule has 0 fully saturated rings. The van der Waals surface area contributed by atoms with E-state index in [4.69, 9.17) is 32.6 Å². The molecule has 3 heterocycles. The van der Waals surface area contributed by atoms with Crippen LogP contribution in [0.15, 0.2) is 69.2 Å². The summed E-state index contributed by atoms with van der Waals surface area (Å²) in [6, 6.07) is 14.6. The maximum absolute atomic E-state index is 11.7. The van der Waals surface area contributed by atoms with Gasteiger partial charge in [-0.15, -0.1) is 12.4 Å². The molecule has 0 bridgehead atoms. The summed E-state index contributed by atoms with van der Waals surface area (Å²) in [4.78, 5) is 67.5. The van der Waals surface area contributed by atoms with Crippen LogP contribution in [-0.4, -0.2) is 83.9 Å². The molecule has 0 aliphatic carbocycles. The van der Waals surface area contributed by atoms with Gasteiger partial charge < -0.3 is 52.9 Å². The summed E-state index contributed by atoms with van der Waals surface area (Å²) in [5.74, 6) is 6.87. The van der Waals surface area contributed by atoms with Crippen molar-refractivity contribution in [3.63, 3.8) is 0 Å². The number of ether oxygens (including phenoxy) is 4. The number of carbonyl (C=O) groups excluding carboxylic acids is 3. The highest BCUT2D eigenvalue weighted by atomic mass is 35.5. The highest BCUT2D eigenvalue weighted by Crippen LogP contribution is 2.30. The fourth-order valence-corrected chi connectivity index (χ4v) is 4.54. The van der Waals surface area contributed by atoms with E-state index in [1.54, 1.807) is 30.3 Å². The Balaban J connectivity index is -0.000000721. The average Bonchev–Trinajstić information content (AvgIpc) is 3.22. The highest BCUT2D eigenvalue weighted by molar-refractivity contribution is 6.63. The number of benzene rings is 3. The summed E-state index contributed by atoms with van der Waals surface area (Å²) >= 11 is 4.64. The minimum absolute atomic E-state index is 0. The number of esters is 3. The number of anilines is 3. The highest BCUT2D eigenvalue weighted by Gasteiger charge is 2.21. The quantitative estimate of drug-likeness (QED) is 0.0115. The van der Waals surface area contributed by atoms with E-state index < -0.39 is 23.5 Å². The molecule has 24 nitrogen and oxygen atoms in total. The number of nitrogens with zero attached hydrogens (tertiary/aromatic N) is 4. The Hall–Kier alpha value is -7.56. The van der Waals surface area contributed by atoms with E-state index in [9.17, 15) is 24.0 Å². The number of nitrogens with one attached hydrogen (secondary N) is 4. The molecule has 0 amide bonds. The molecule has 2 aromatic heterocycles. The van der Waals surface area contributed by atoms with Gasteiger partial charge in [0.2, 0.25) is 5.95 Å². The van der Waals surface area contributed by atoms with Gasteiger partial charge in [0.05, 0.1) is 65.4 Å². The van der Waals surface area contributed by atoms with Crippen LogP contribution in [-0.2, 0) is 18.9 Å². The van der Waals surface area contributed by atoms with Crippen LogP contribution in [0.4, 0.5) is 23.1 Å². The number of methoxy groups -OCH3 is 3. The van der Waals surface area contributed by atoms with Crippen LogP contribution in [0.5, 0.6) is 0 Å². The fourth-order valence-electron chi connectivity index (χ4n) is 4.54. The number of nitrogens with two attached hydrogens (primary N) is 7. The summed E-state index contributed by atoms with van der Waals surface area (Å²) in [6.07, 6.45) is 1.25. The Labute approximate surface area is 365 Å². The maximum Gasteiger partial charge on any atom is 0.340 e. The smallest absolute Gasteiger partial charge is 0.340 e. The normalized spacial score (nSPS) is 9.50. The number of halogens is 2. The number of aromatic amines is 2. The van der Waals surface area contributed by atoms with Gasteiger partial charge in [0, 0.05) is 18.9 Å². The summed E-state index contributed by atoms with van der Waals surface area (Å²) < 4.78 is 18.5. The van der Waals surface area contributed by atoms with Crippen molar-refractivity contribution in [3.05, 3.63) is 92.0 Å². The lowest BCUT2D eigenvalue weighted by Gasteiger charge is -2.14. The van der Waals surface area contributed by atoms with Crippen LogP contribution in [0.3, 0.4) is 0 Å². The predicted octanol–water partition coefficient (Wildman–Crippen LogP) is 1.89. The number of hydrogen-bond acceptors (Lipinski definition) is 21. The number of rotatable bonds is 5. The zero-order valence-electron chi connectivity index (χ0n) is 33.4. The lowest BCUT2D eigenvalue weighted by molar-refractivity contribution is 0.0556. The zero-order valence-corrected chi connectivity index (χ0v) is 35.0. The lowest BCUT2D eigenvalue weighted by Crippen LogP contribution is -2.25. The van der Waals surface area contributed by atoms with E-state index in [2.05, 4.69) is 79.4 Å². The third-order valence-corrected chi connectivity index (χ3v) is 6.74. The number of hydrogen-bond donors (Lipinski definition) is 11. The standard InChI is InChI=1S/C10H9N3O3.C10H11NO4.C9H7N5O.C4H10O.CH3ClN2.CH2N2.CH4.ClH.H4N2/c1-16-9(15)5-3-2-4-6-7(5)8(14)13-10(11)12-6;1-14-9(12)6-4-3-5-7(11)8(6)10(13)15-2;10-9-11-5-3-1-2-4-6(5)7(12-9)13-14-8(4)15;1-3-5-4-2;2-1(3)4;2-1-3;;;1-2/h2-4H,1H3,(H3,11,12,13,14);3-5H,11H2,1-2H3;1-3H,(H,14,15)(H3,10,11,12,13);3-4H2,1-2H3;(H3,3,4);2H2;1H4;1H;1-2H2. The summed E-state index contributed by atoms with van der Waals surface area (Å²) in [5, 5.41) is 23.3. The molecule has 1 aliphatic heterocycles. The van der Waals surface area contributed by atoms with E-state index in [-0.39, 0.29) is 70.4 Å². The van der Waals surface area contributed by atoms with Gasteiger partial charge in [-0.2, -0.15) is 15.4 Å². The molecule has 0 saturated carbocycles. The van der Waals surface area contributed by atoms with Crippen LogP contribution < -0.4 is 56.8 Å². The third kappa shape index (κ3) is 18.1. The lowest BCUT2D eigenvalue weighted by atomic mass is 10.1. The molecule has 26 heteroatoms. The minimum atomic E-state index is -0.659.